The molecule has 8 heteroatoms. The number of rotatable bonds is 30. The standard InChI is InChI=1S/C43H70N4O3S/c1-4-7-8-9-10-11-12-13-14-15-22-32-41(51)44-33-24-23-31-40(46-43(49)50-37-39-29-20-17-21-30-39)42(48)45-34-25-26-35-47(5-2,6-3)36-38-27-18-16-19-28-38/h16-21,27-30,40H,4-15,22-26,31-37H2,1-3H3,(H2-,44,45,46,48,49,51)/p+1/t40-/m0/s1. The van der Waals surface area contributed by atoms with E-state index in [1.807, 2.05) is 30.3 Å². The normalized spacial score (nSPS) is 11.9. The minimum absolute atomic E-state index is 0.150. The second-order valence-corrected chi connectivity index (χ2v) is 14.7. The van der Waals surface area contributed by atoms with Crippen molar-refractivity contribution in [2.75, 3.05) is 32.7 Å². The molecule has 0 aromatic heterocycles. The number of nitrogens with one attached hydrogen (secondary N) is 3. The largest absolute Gasteiger partial charge is 0.445 e. The van der Waals surface area contributed by atoms with Gasteiger partial charge in [-0.05, 0) is 64.4 Å². The number of carbonyl (C=O) groups is 2. The first-order chi connectivity index (χ1) is 24.9. The fourth-order valence-corrected chi connectivity index (χ4v) is 6.88. The topological polar surface area (TPSA) is 79.5 Å². The third-order valence-electron chi connectivity index (χ3n) is 10.1. The third kappa shape index (κ3) is 21.2. The number of hydrogen-bond donors (Lipinski definition) is 3. The Bertz CT molecular complexity index is 1180. The van der Waals surface area contributed by atoms with E-state index < -0.39 is 12.1 Å². The van der Waals surface area contributed by atoms with Gasteiger partial charge in [0.05, 0.1) is 24.6 Å². The molecule has 0 aliphatic carbocycles. The van der Waals surface area contributed by atoms with Crippen LogP contribution in [0.25, 0.3) is 0 Å². The lowest BCUT2D eigenvalue weighted by atomic mass is 10.1. The van der Waals surface area contributed by atoms with Crippen molar-refractivity contribution in [2.45, 2.75) is 149 Å². The van der Waals surface area contributed by atoms with Crippen molar-refractivity contribution in [3.8, 4) is 0 Å². The molecule has 51 heavy (non-hydrogen) atoms. The van der Waals surface area contributed by atoms with E-state index in [9.17, 15) is 9.59 Å². The first-order valence-corrected chi connectivity index (χ1v) is 20.7. The van der Waals surface area contributed by atoms with Gasteiger partial charge >= 0.3 is 6.09 Å². The van der Waals surface area contributed by atoms with Gasteiger partial charge in [-0.25, -0.2) is 4.79 Å². The van der Waals surface area contributed by atoms with Crippen molar-refractivity contribution in [1.29, 1.82) is 0 Å². The van der Waals surface area contributed by atoms with Gasteiger partial charge in [0, 0.05) is 18.7 Å². The Morgan fingerprint density at radius 3 is 1.82 bits per heavy atom. The Morgan fingerprint density at radius 2 is 1.22 bits per heavy atom. The molecule has 0 aliphatic rings. The average molecular weight is 724 g/mol. The van der Waals surface area contributed by atoms with E-state index in [0.29, 0.717) is 13.0 Å². The Hall–Kier alpha value is -2.97. The monoisotopic (exact) mass is 724 g/mol. The zero-order valence-corrected chi connectivity index (χ0v) is 33.2. The summed E-state index contributed by atoms with van der Waals surface area (Å²) in [4.78, 5) is 26.9. The molecule has 3 N–H and O–H groups in total. The van der Waals surface area contributed by atoms with Crippen LogP contribution in [0.3, 0.4) is 0 Å². The predicted octanol–water partition coefficient (Wildman–Crippen LogP) is 10.0. The van der Waals surface area contributed by atoms with E-state index in [2.05, 4.69) is 67.1 Å². The molecule has 0 unspecified atom stereocenters. The van der Waals surface area contributed by atoms with E-state index in [4.69, 9.17) is 17.0 Å². The van der Waals surface area contributed by atoms with E-state index in [1.54, 1.807) is 0 Å². The van der Waals surface area contributed by atoms with Gasteiger partial charge in [0.2, 0.25) is 5.91 Å². The van der Waals surface area contributed by atoms with Gasteiger partial charge in [-0.1, -0.05) is 144 Å². The van der Waals surface area contributed by atoms with Crippen LogP contribution >= 0.6 is 12.2 Å². The number of unbranched alkanes of at least 4 members (excludes halogenated alkanes) is 12. The summed E-state index contributed by atoms with van der Waals surface area (Å²) >= 11 is 5.58. The maximum absolute atomic E-state index is 13.3. The summed E-state index contributed by atoms with van der Waals surface area (Å²) in [7, 11) is 0. The number of benzene rings is 2. The molecule has 2 aromatic rings. The number of alkyl carbamates (subject to hydrolysis) is 1. The summed E-state index contributed by atoms with van der Waals surface area (Å²) in [5.41, 5.74) is 2.27. The zero-order valence-electron chi connectivity index (χ0n) is 32.4. The molecule has 286 valence electrons. The Labute approximate surface area is 316 Å². The minimum atomic E-state index is -0.643. The first kappa shape index (κ1) is 44.2. The van der Waals surface area contributed by atoms with Crippen molar-refractivity contribution < 1.29 is 18.8 Å². The minimum Gasteiger partial charge on any atom is -0.445 e. The quantitative estimate of drug-likeness (QED) is 0.0425. The van der Waals surface area contributed by atoms with Gasteiger partial charge in [-0.2, -0.15) is 0 Å². The van der Waals surface area contributed by atoms with E-state index in [0.717, 1.165) is 86.3 Å². The molecular formula is C43H71N4O3S+. The number of nitrogens with zero attached hydrogens (tertiary/aromatic N) is 1. The van der Waals surface area contributed by atoms with Crippen molar-refractivity contribution in [3.63, 3.8) is 0 Å². The molecule has 2 aromatic carbocycles. The molecule has 0 saturated carbocycles. The summed E-state index contributed by atoms with van der Waals surface area (Å²) in [6, 6.07) is 19.6. The molecule has 0 fully saturated rings. The van der Waals surface area contributed by atoms with Crippen LogP contribution < -0.4 is 16.0 Å². The molecule has 0 saturated heterocycles. The van der Waals surface area contributed by atoms with Gasteiger partial charge in [0.1, 0.15) is 19.2 Å². The third-order valence-corrected chi connectivity index (χ3v) is 10.5. The van der Waals surface area contributed by atoms with Crippen LogP contribution in [0.4, 0.5) is 4.79 Å². The van der Waals surface area contributed by atoms with Gasteiger partial charge in [0.15, 0.2) is 0 Å². The van der Waals surface area contributed by atoms with Crippen LogP contribution in [-0.4, -0.2) is 60.2 Å². The van der Waals surface area contributed by atoms with Gasteiger partial charge in [0.25, 0.3) is 0 Å². The Kier molecular flexibility index (Phi) is 24.8. The number of hydrogen-bond acceptors (Lipinski definition) is 4. The molecular weight excluding hydrogens is 653 g/mol. The summed E-state index contributed by atoms with van der Waals surface area (Å²) in [5.74, 6) is -0.150. The molecule has 0 aliphatic heterocycles. The number of carbonyl (C=O) groups excluding carboxylic acids is 2. The zero-order chi connectivity index (χ0) is 36.8. The number of ether oxygens (including phenoxy) is 1. The lowest BCUT2D eigenvalue weighted by Crippen LogP contribution is -2.48. The van der Waals surface area contributed by atoms with Crippen LogP contribution in [0.5, 0.6) is 0 Å². The van der Waals surface area contributed by atoms with Crippen molar-refractivity contribution in [3.05, 3.63) is 71.8 Å². The second-order valence-electron chi connectivity index (χ2n) is 14.2. The molecule has 0 radical (unpaired) electrons. The van der Waals surface area contributed by atoms with Gasteiger partial charge in [-0.15, -0.1) is 0 Å². The molecule has 1 atom stereocenters. The summed E-state index contributed by atoms with van der Waals surface area (Å²) < 4.78 is 6.49. The highest BCUT2D eigenvalue weighted by Gasteiger charge is 2.24. The van der Waals surface area contributed by atoms with Crippen LogP contribution in [-0.2, 0) is 22.7 Å². The van der Waals surface area contributed by atoms with Crippen LogP contribution in [0, 0.1) is 0 Å². The SMILES string of the molecule is CCCCCCCCCCCCCC(=S)NCCCC[C@H](NC(=O)OCc1ccccc1)C(=O)NCCCC[N+](CC)(CC)Cc1ccccc1. The second kappa shape index (κ2) is 28.6. The van der Waals surface area contributed by atoms with Crippen molar-refractivity contribution in [1.82, 2.24) is 16.0 Å². The lowest BCUT2D eigenvalue weighted by Gasteiger charge is -2.37. The van der Waals surface area contributed by atoms with Crippen LogP contribution in [0.2, 0.25) is 0 Å². The lowest BCUT2D eigenvalue weighted by molar-refractivity contribution is -0.938. The molecule has 0 heterocycles. The highest BCUT2D eigenvalue weighted by atomic mass is 32.1. The Balaban J connectivity index is 1.70. The highest BCUT2D eigenvalue weighted by molar-refractivity contribution is 7.80. The van der Waals surface area contributed by atoms with Gasteiger partial charge < -0.3 is 25.2 Å². The summed E-state index contributed by atoms with van der Waals surface area (Å²) in [5, 5.41) is 9.34. The van der Waals surface area contributed by atoms with Crippen LogP contribution in [0.15, 0.2) is 60.7 Å². The molecule has 2 rings (SSSR count). The van der Waals surface area contributed by atoms with Crippen LogP contribution in [0.1, 0.15) is 141 Å². The average Bonchev–Trinajstić information content (AvgIpc) is 3.15. The molecule has 2 amide bonds. The maximum atomic E-state index is 13.3. The van der Waals surface area contributed by atoms with Crippen molar-refractivity contribution in [2.24, 2.45) is 0 Å². The van der Waals surface area contributed by atoms with E-state index >= 15 is 0 Å². The van der Waals surface area contributed by atoms with Gasteiger partial charge in [-0.3, -0.25) is 4.79 Å². The van der Waals surface area contributed by atoms with Crippen molar-refractivity contribution >= 4 is 29.2 Å². The Morgan fingerprint density at radius 1 is 0.667 bits per heavy atom. The number of thiocarbonyl (C=S) groups is 1. The number of quaternary nitrogens is 1. The first-order valence-electron chi connectivity index (χ1n) is 20.3. The number of amides is 2. The highest BCUT2D eigenvalue weighted by Crippen LogP contribution is 2.16. The smallest absolute Gasteiger partial charge is 0.408 e. The fraction of sp³-hybridized carbons (Fsp3) is 0.651. The van der Waals surface area contributed by atoms with E-state index in [1.165, 1.54) is 69.8 Å². The summed E-state index contributed by atoms with van der Waals surface area (Å²) in [6.07, 6.45) is 19.1. The van der Waals surface area contributed by atoms with E-state index in [-0.39, 0.29) is 12.5 Å². The molecule has 0 bridgehead atoms. The predicted molar refractivity (Wildman–Crippen MR) is 218 cm³/mol. The molecule has 0 spiro atoms. The maximum Gasteiger partial charge on any atom is 0.408 e. The fourth-order valence-electron chi connectivity index (χ4n) is 6.64. The summed E-state index contributed by atoms with van der Waals surface area (Å²) in [6.45, 7) is 12.6. The molecule has 7 nitrogen and oxygen atoms in total.